The standard InChI is InChI=1S/C15H16N4O/c1-10-5-6-13(11(2)8-10)19-15(12(9-16)17-18-19)14-4-3-7-20-14/h3-8H,9,16H2,1-2H3. The first-order valence-electron chi connectivity index (χ1n) is 6.47. The van der Waals surface area contributed by atoms with Crippen molar-refractivity contribution in [2.45, 2.75) is 20.4 Å². The van der Waals surface area contributed by atoms with Crippen LogP contribution in [-0.4, -0.2) is 15.0 Å². The van der Waals surface area contributed by atoms with E-state index < -0.39 is 0 Å². The summed E-state index contributed by atoms with van der Waals surface area (Å²) in [5.41, 5.74) is 10.6. The molecule has 0 unspecified atom stereocenters. The van der Waals surface area contributed by atoms with Crippen LogP contribution < -0.4 is 5.73 Å². The first-order valence-corrected chi connectivity index (χ1v) is 6.47. The molecule has 0 aliphatic heterocycles. The molecule has 0 atom stereocenters. The van der Waals surface area contributed by atoms with Gasteiger partial charge in [-0.25, -0.2) is 4.68 Å². The Bertz CT molecular complexity index is 728. The predicted molar refractivity (Wildman–Crippen MR) is 76.4 cm³/mol. The zero-order valence-corrected chi connectivity index (χ0v) is 11.5. The van der Waals surface area contributed by atoms with Gasteiger partial charge < -0.3 is 10.2 Å². The molecule has 2 N–H and O–H groups in total. The van der Waals surface area contributed by atoms with E-state index in [-0.39, 0.29) is 0 Å². The van der Waals surface area contributed by atoms with Gasteiger partial charge in [-0.3, -0.25) is 0 Å². The van der Waals surface area contributed by atoms with Crippen LogP contribution in [0.3, 0.4) is 0 Å². The van der Waals surface area contributed by atoms with Crippen molar-refractivity contribution in [3.05, 3.63) is 53.4 Å². The van der Waals surface area contributed by atoms with Gasteiger partial charge in [0, 0.05) is 6.54 Å². The van der Waals surface area contributed by atoms with Gasteiger partial charge in [0.2, 0.25) is 0 Å². The fraction of sp³-hybridized carbons (Fsp3) is 0.200. The zero-order valence-electron chi connectivity index (χ0n) is 11.5. The highest BCUT2D eigenvalue weighted by molar-refractivity contribution is 5.60. The summed E-state index contributed by atoms with van der Waals surface area (Å²) in [6.45, 7) is 4.44. The lowest BCUT2D eigenvalue weighted by atomic mass is 10.1. The highest BCUT2D eigenvalue weighted by Crippen LogP contribution is 2.27. The van der Waals surface area contributed by atoms with E-state index in [4.69, 9.17) is 10.2 Å². The number of rotatable bonds is 3. The van der Waals surface area contributed by atoms with E-state index in [2.05, 4.69) is 36.3 Å². The van der Waals surface area contributed by atoms with E-state index >= 15 is 0 Å². The summed E-state index contributed by atoms with van der Waals surface area (Å²) in [6, 6.07) is 9.93. The van der Waals surface area contributed by atoms with Crippen molar-refractivity contribution in [3.8, 4) is 17.1 Å². The molecule has 5 heteroatoms. The Kier molecular flexibility index (Phi) is 3.12. The Labute approximate surface area is 117 Å². The van der Waals surface area contributed by atoms with E-state index in [1.807, 2.05) is 18.2 Å². The molecule has 1 aromatic carbocycles. The van der Waals surface area contributed by atoms with Crippen LogP contribution >= 0.6 is 0 Å². The molecule has 0 saturated heterocycles. The maximum Gasteiger partial charge on any atom is 0.154 e. The van der Waals surface area contributed by atoms with Crippen LogP contribution in [0, 0.1) is 13.8 Å². The first-order chi connectivity index (χ1) is 9.70. The van der Waals surface area contributed by atoms with E-state index in [0.29, 0.717) is 6.54 Å². The minimum Gasteiger partial charge on any atom is -0.463 e. The lowest BCUT2D eigenvalue weighted by Gasteiger charge is -2.09. The topological polar surface area (TPSA) is 69.9 Å². The Morgan fingerprint density at radius 1 is 1.25 bits per heavy atom. The van der Waals surface area contributed by atoms with Gasteiger partial charge in [0.25, 0.3) is 0 Å². The average molecular weight is 268 g/mol. The van der Waals surface area contributed by atoms with Crippen LogP contribution in [0.5, 0.6) is 0 Å². The summed E-state index contributed by atoms with van der Waals surface area (Å²) < 4.78 is 7.28. The summed E-state index contributed by atoms with van der Waals surface area (Å²) in [7, 11) is 0. The summed E-state index contributed by atoms with van der Waals surface area (Å²) in [5, 5.41) is 8.39. The summed E-state index contributed by atoms with van der Waals surface area (Å²) in [6.07, 6.45) is 1.63. The molecule has 0 amide bonds. The van der Waals surface area contributed by atoms with Crippen molar-refractivity contribution < 1.29 is 4.42 Å². The zero-order chi connectivity index (χ0) is 14.1. The van der Waals surface area contributed by atoms with E-state index in [9.17, 15) is 0 Å². The van der Waals surface area contributed by atoms with Crippen LogP contribution in [0.25, 0.3) is 17.1 Å². The molecule has 3 aromatic rings. The summed E-state index contributed by atoms with van der Waals surface area (Å²) in [5.74, 6) is 0.718. The monoisotopic (exact) mass is 268 g/mol. The van der Waals surface area contributed by atoms with Gasteiger partial charge in [-0.1, -0.05) is 22.9 Å². The van der Waals surface area contributed by atoms with Crippen LogP contribution in [0.2, 0.25) is 0 Å². The van der Waals surface area contributed by atoms with Crippen LogP contribution in [-0.2, 0) is 6.54 Å². The smallest absolute Gasteiger partial charge is 0.154 e. The summed E-state index contributed by atoms with van der Waals surface area (Å²) in [4.78, 5) is 0. The first kappa shape index (κ1) is 12.6. The Morgan fingerprint density at radius 3 is 2.75 bits per heavy atom. The third-order valence-electron chi connectivity index (χ3n) is 3.27. The van der Waals surface area contributed by atoms with E-state index in [1.54, 1.807) is 10.9 Å². The number of nitrogens with zero attached hydrogens (tertiary/aromatic N) is 3. The van der Waals surface area contributed by atoms with Crippen molar-refractivity contribution in [1.82, 2.24) is 15.0 Å². The average Bonchev–Trinajstić information content (AvgIpc) is 3.06. The fourth-order valence-corrected chi connectivity index (χ4v) is 2.32. The number of aromatic nitrogens is 3. The van der Waals surface area contributed by atoms with Crippen molar-refractivity contribution in [2.24, 2.45) is 5.73 Å². The molecule has 0 bridgehead atoms. The molecular formula is C15H16N4O. The summed E-state index contributed by atoms with van der Waals surface area (Å²) >= 11 is 0. The van der Waals surface area contributed by atoms with Crippen molar-refractivity contribution in [2.75, 3.05) is 0 Å². The number of nitrogens with two attached hydrogens (primary N) is 1. The van der Waals surface area contributed by atoms with Gasteiger partial charge in [-0.15, -0.1) is 5.10 Å². The molecule has 0 radical (unpaired) electrons. The Morgan fingerprint density at radius 2 is 2.10 bits per heavy atom. The molecule has 5 nitrogen and oxygen atoms in total. The molecule has 102 valence electrons. The van der Waals surface area contributed by atoms with Crippen LogP contribution in [0.1, 0.15) is 16.8 Å². The highest BCUT2D eigenvalue weighted by Gasteiger charge is 2.18. The molecule has 0 aliphatic carbocycles. The van der Waals surface area contributed by atoms with Gasteiger partial charge in [0.15, 0.2) is 5.76 Å². The van der Waals surface area contributed by atoms with Crippen molar-refractivity contribution in [1.29, 1.82) is 0 Å². The number of aryl methyl sites for hydroxylation is 2. The minimum atomic E-state index is 0.320. The Balaban J connectivity index is 2.22. The minimum absolute atomic E-state index is 0.320. The van der Waals surface area contributed by atoms with Gasteiger partial charge in [0.1, 0.15) is 11.4 Å². The third kappa shape index (κ3) is 2.02. The second-order valence-corrected chi connectivity index (χ2v) is 4.77. The lowest BCUT2D eigenvalue weighted by molar-refractivity contribution is 0.576. The van der Waals surface area contributed by atoms with E-state index in [1.165, 1.54) is 5.56 Å². The maximum atomic E-state index is 5.75. The molecule has 2 aromatic heterocycles. The molecule has 3 rings (SSSR count). The Hall–Kier alpha value is -2.40. The second-order valence-electron chi connectivity index (χ2n) is 4.77. The highest BCUT2D eigenvalue weighted by atomic mass is 16.3. The van der Waals surface area contributed by atoms with Gasteiger partial charge in [0.05, 0.1) is 12.0 Å². The molecule has 0 fully saturated rings. The second kappa shape index (κ2) is 4.94. The van der Waals surface area contributed by atoms with Gasteiger partial charge >= 0.3 is 0 Å². The number of hydrogen-bond donors (Lipinski definition) is 1. The lowest BCUT2D eigenvalue weighted by Crippen LogP contribution is -2.03. The number of furan rings is 1. The van der Waals surface area contributed by atoms with Crippen molar-refractivity contribution in [3.63, 3.8) is 0 Å². The quantitative estimate of drug-likeness (QED) is 0.792. The molecule has 0 saturated carbocycles. The van der Waals surface area contributed by atoms with Gasteiger partial charge in [-0.2, -0.15) is 0 Å². The SMILES string of the molecule is Cc1ccc(-n2nnc(CN)c2-c2ccco2)c(C)c1. The van der Waals surface area contributed by atoms with Crippen molar-refractivity contribution >= 4 is 0 Å². The largest absolute Gasteiger partial charge is 0.463 e. The molecule has 2 heterocycles. The number of benzene rings is 1. The van der Waals surface area contributed by atoms with Crippen LogP contribution in [0.15, 0.2) is 41.0 Å². The van der Waals surface area contributed by atoms with Gasteiger partial charge in [-0.05, 0) is 37.6 Å². The maximum absolute atomic E-state index is 5.75. The normalized spacial score (nSPS) is 10.9. The molecule has 20 heavy (non-hydrogen) atoms. The predicted octanol–water partition coefficient (Wildman–Crippen LogP) is 2.60. The van der Waals surface area contributed by atoms with E-state index in [0.717, 1.165) is 28.4 Å². The number of hydrogen-bond acceptors (Lipinski definition) is 4. The molecule has 0 spiro atoms. The molecule has 0 aliphatic rings. The van der Waals surface area contributed by atoms with Crippen LogP contribution in [0.4, 0.5) is 0 Å². The third-order valence-corrected chi connectivity index (χ3v) is 3.27. The molecular weight excluding hydrogens is 252 g/mol. The fourth-order valence-electron chi connectivity index (χ4n) is 2.32.